The van der Waals surface area contributed by atoms with Crippen LogP contribution in [0.5, 0.6) is 17.4 Å². The molecule has 0 fully saturated rings. The first-order valence-corrected chi connectivity index (χ1v) is 5.58. The highest BCUT2D eigenvalue weighted by atomic mass is 16.5. The molecule has 4 nitrogen and oxygen atoms in total. The predicted octanol–water partition coefficient (Wildman–Crippen LogP) is 3.14. The predicted molar refractivity (Wildman–Crippen MR) is 66.6 cm³/mol. The molecule has 18 heavy (non-hydrogen) atoms. The minimum atomic E-state index is 0.391. The number of aromatic nitrogens is 1. The van der Waals surface area contributed by atoms with Crippen LogP contribution >= 0.6 is 0 Å². The van der Waals surface area contributed by atoms with Crippen molar-refractivity contribution in [2.75, 3.05) is 6.61 Å². The maximum Gasteiger partial charge on any atom is 0.220 e. The van der Waals surface area contributed by atoms with Gasteiger partial charge in [0.2, 0.25) is 5.88 Å². The Labute approximate surface area is 105 Å². The molecule has 0 saturated carbocycles. The number of nitrogens with zero attached hydrogens (tertiary/aromatic N) is 2. The standard InChI is InChI=1S/C14H12N2O2/c1-2-17-12-4-3-5-13(9-12)18-14-8-11(10-15)6-7-16-14/h3-9H,2H2,1H3. The van der Waals surface area contributed by atoms with Gasteiger partial charge in [-0.3, -0.25) is 0 Å². The number of benzene rings is 1. The lowest BCUT2D eigenvalue weighted by molar-refractivity contribution is 0.338. The van der Waals surface area contributed by atoms with Crippen LogP contribution in [-0.2, 0) is 0 Å². The lowest BCUT2D eigenvalue weighted by Gasteiger charge is -2.07. The molecule has 0 aliphatic carbocycles. The van der Waals surface area contributed by atoms with Gasteiger partial charge in [0.15, 0.2) is 0 Å². The summed E-state index contributed by atoms with van der Waals surface area (Å²) in [6.07, 6.45) is 1.54. The highest BCUT2D eigenvalue weighted by molar-refractivity contribution is 5.37. The summed E-state index contributed by atoms with van der Waals surface area (Å²) in [4.78, 5) is 4.04. The van der Waals surface area contributed by atoms with Crippen molar-refractivity contribution in [2.24, 2.45) is 0 Å². The zero-order valence-electron chi connectivity index (χ0n) is 9.96. The Bertz CT molecular complexity index is 576. The quantitative estimate of drug-likeness (QED) is 0.823. The molecule has 0 aliphatic heterocycles. The van der Waals surface area contributed by atoms with Crippen molar-refractivity contribution in [3.8, 4) is 23.4 Å². The van der Waals surface area contributed by atoms with E-state index < -0.39 is 0 Å². The van der Waals surface area contributed by atoms with Crippen molar-refractivity contribution in [2.45, 2.75) is 6.92 Å². The summed E-state index contributed by atoms with van der Waals surface area (Å²) < 4.78 is 10.9. The van der Waals surface area contributed by atoms with Gasteiger partial charge in [0, 0.05) is 18.3 Å². The number of hydrogen-bond donors (Lipinski definition) is 0. The number of rotatable bonds is 4. The van der Waals surface area contributed by atoms with Gasteiger partial charge in [0.05, 0.1) is 18.2 Å². The van der Waals surface area contributed by atoms with E-state index >= 15 is 0 Å². The van der Waals surface area contributed by atoms with Crippen molar-refractivity contribution < 1.29 is 9.47 Å². The van der Waals surface area contributed by atoms with Gasteiger partial charge in [-0.25, -0.2) is 4.98 Å². The molecule has 0 saturated heterocycles. The van der Waals surface area contributed by atoms with E-state index in [2.05, 4.69) is 4.98 Å². The zero-order valence-corrected chi connectivity index (χ0v) is 9.96. The first kappa shape index (κ1) is 11.9. The van der Waals surface area contributed by atoms with Gasteiger partial charge in [-0.05, 0) is 25.1 Å². The summed E-state index contributed by atoms with van der Waals surface area (Å²) in [5.74, 6) is 1.76. The van der Waals surface area contributed by atoms with Crippen LogP contribution in [0.25, 0.3) is 0 Å². The number of nitriles is 1. The first-order valence-electron chi connectivity index (χ1n) is 5.58. The average molecular weight is 240 g/mol. The maximum absolute atomic E-state index is 8.79. The molecule has 0 spiro atoms. The van der Waals surface area contributed by atoms with E-state index in [4.69, 9.17) is 14.7 Å². The van der Waals surface area contributed by atoms with E-state index in [0.717, 1.165) is 5.75 Å². The minimum absolute atomic E-state index is 0.391. The number of pyridine rings is 1. The molecule has 1 aromatic carbocycles. The third-order valence-electron chi connectivity index (χ3n) is 2.20. The van der Waals surface area contributed by atoms with E-state index in [1.807, 2.05) is 31.2 Å². The molecule has 0 amide bonds. The van der Waals surface area contributed by atoms with Gasteiger partial charge in [-0.15, -0.1) is 0 Å². The Balaban J connectivity index is 2.18. The first-order chi connectivity index (χ1) is 8.81. The van der Waals surface area contributed by atoms with Crippen LogP contribution in [0, 0.1) is 11.3 Å². The van der Waals surface area contributed by atoms with E-state index in [0.29, 0.717) is 23.8 Å². The second-order valence-corrected chi connectivity index (χ2v) is 3.50. The van der Waals surface area contributed by atoms with Crippen LogP contribution in [0.4, 0.5) is 0 Å². The summed E-state index contributed by atoms with van der Waals surface area (Å²) >= 11 is 0. The van der Waals surface area contributed by atoms with E-state index in [9.17, 15) is 0 Å². The molecule has 0 bridgehead atoms. The number of hydrogen-bond acceptors (Lipinski definition) is 4. The van der Waals surface area contributed by atoms with Crippen molar-refractivity contribution in [1.29, 1.82) is 5.26 Å². The summed E-state index contributed by atoms with van der Waals surface area (Å²) in [6.45, 7) is 2.52. The third kappa shape index (κ3) is 2.98. The Kier molecular flexibility index (Phi) is 3.77. The van der Waals surface area contributed by atoms with Crippen LogP contribution in [0.1, 0.15) is 12.5 Å². The minimum Gasteiger partial charge on any atom is -0.494 e. The monoisotopic (exact) mass is 240 g/mol. The smallest absolute Gasteiger partial charge is 0.220 e. The molecule has 0 unspecified atom stereocenters. The maximum atomic E-state index is 8.79. The van der Waals surface area contributed by atoms with E-state index in [1.165, 1.54) is 0 Å². The SMILES string of the molecule is CCOc1cccc(Oc2cc(C#N)ccn2)c1. The molecule has 2 aromatic rings. The summed E-state index contributed by atoms with van der Waals surface area (Å²) in [6, 6.07) is 12.5. The topological polar surface area (TPSA) is 55.1 Å². The van der Waals surface area contributed by atoms with Gasteiger partial charge < -0.3 is 9.47 Å². The molecule has 1 heterocycles. The molecule has 4 heteroatoms. The van der Waals surface area contributed by atoms with E-state index in [1.54, 1.807) is 24.4 Å². The Morgan fingerprint density at radius 1 is 1.22 bits per heavy atom. The van der Waals surface area contributed by atoms with E-state index in [-0.39, 0.29) is 0 Å². The summed E-state index contributed by atoms with van der Waals surface area (Å²) in [5, 5.41) is 8.79. The average Bonchev–Trinajstić information content (AvgIpc) is 2.40. The molecule has 1 aromatic heterocycles. The van der Waals surface area contributed by atoms with Crippen LogP contribution in [0.2, 0.25) is 0 Å². The molecule has 0 N–H and O–H groups in total. The highest BCUT2D eigenvalue weighted by Gasteiger charge is 2.01. The molecule has 2 rings (SSSR count). The molecule has 0 atom stereocenters. The second-order valence-electron chi connectivity index (χ2n) is 3.50. The van der Waals surface area contributed by atoms with Gasteiger partial charge in [0.1, 0.15) is 11.5 Å². The number of ether oxygens (including phenoxy) is 2. The summed E-state index contributed by atoms with van der Waals surface area (Å²) in [7, 11) is 0. The van der Waals surface area contributed by atoms with Gasteiger partial charge in [-0.2, -0.15) is 5.26 Å². The normalized spacial score (nSPS) is 9.56. The van der Waals surface area contributed by atoms with Crippen LogP contribution < -0.4 is 9.47 Å². The van der Waals surface area contributed by atoms with Crippen LogP contribution in [0.15, 0.2) is 42.6 Å². The molecule has 90 valence electrons. The lowest BCUT2D eigenvalue weighted by atomic mass is 10.3. The molecular formula is C14H12N2O2. The summed E-state index contributed by atoms with van der Waals surface area (Å²) in [5.41, 5.74) is 0.515. The zero-order chi connectivity index (χ0) is 12.8. The fourth-order valence-corrected chi connectivity index (χ4v) is 1.45. The fourth-order valence-electron chi connectivity index (χ4n) is 1.45. The Morgan fingerprint density at radius 2 is 2.06 bits per heavy atom. The fraction of sp³-hybridized carbons (Fsp3) is 0.143. The highest BCUT2D eigenvalue weighted by Crippen LogP contribution is 2.24. The van der Waals surface area contributed by atoms with Gasteiger partial charge in [0.25, 0.3) is 0 Å². The molecular weight excluding hydrogens is 228 g/mol. The van der Waals surface area contributed by atoms with Gasteiger partial charge in [-0.1, -0.05) is 6.07 Å². The lowest BCUT2D eigenvalue weighted by Crippen LogP contribution is -1.92. The van der Waals surface area contributed by atoms with Crippen LogP contribution in [-0.4, -0.2) is 11.6 Å². The second kappa shape index (κ2) is 5.69. The van der Waals surface area contributed by atoms with Crippen molar-refractivity contribution >= 4 is 0 Å². The van der Waals surface area contributed by atoms with Crippen LogP contribution in [0.3, 0.4) is 0 Å². The Morgan fingerprint density at radius 3 is 2.83 bits per heavy atom. The van der Waals surface area contributed by atoms with Gasteiger partial charge >= 0.3 is 0 Å². The van der Waals surface area contributed by atoms with Crippen molar-refractivity contribution in [3.63, 3.8) is 0 Å². The third-order valence-corrected chi connectivity index (χ3v) is 2.20. The molecule has 0 aliphatic rings. The molecule has 0 radical (unpaired) electrons. The van der Waals surface area contributed by atoms with Crippen molar-refractivity contribution in [1.82, 2.24) is 4.98 Å². The largest absolute Gasteiger partial charge is 0.494 e. The van der Waals surface area contributed by atoms with Crippen molar-refractivity contribution in [3.05, 3.63) is 48.2 Å². The Hall–Kier alpha value is -2.54.